The predicted molar refractivity (Wildman–Crippen MR) is 67.3 cm³/mol. The van der Waals surface area contributed by atoms with Crippen molar-refractivity contribution >= 4 is 17.4 Å². The fraction of sp³-hybridized carbons (Fsp3) is 0.286. The molecule has 0 radical (unpaired) electrons. The standard InChI is InChI=1S/C14H14FNO2/c1-4-8(2)7-16-12-10(13(17)14(16)18)5-9(3)6-11(12)15/h5-6H,2,4,7H2,1,3H3. The first kappa shape index (κ1) is 12.5. The molecule has 1 amide bonds. The normalized spacial score (nSPS) is 14.1. The minimum Gasteiger partial charge on any atom is -0.298 e. The van der Waals surface area contributed by atoms with Crippen LogP contribution in [0.3, 0.4) is 0 Å². The zero-order chi connectivity index (χ0) is 13.4. The summed E-state index contributed by atoms with van der Waals surface area (Å²) in [5.74, 6) is -1.85. The molecule has 0 unspecified atom stereocenters. The number of hydrogen-bond acceptors (Lipinski definition) is 2. The van der Waals surface area contributed by atoms with Gasteiger partial charge in [-0.25, -0.2) is 4.39 Å². The SMILES string of the molecule is C=C(CC)CN1C(=O)C(=O)c2cc(C)cc(F)c21. The number of carbonyl (C=O) groups is 2. The summed E-state index contributed by atoms with van der Waals surface area (Å²) in [6.45, 7) is 7.57. The second-order valence-electron chi connectivity index (χ2n) is 4.47. The van der Waals surface area contributed by atoms with Gasteiger partial charge in [0.15, 0.2) is 0 Å². The van der Waals surface area contributed by atoms with Crippen LogP contribution in [0.2, 0.25) is 0 Å². The van der Waals surface area contributed by atoms with E-state index in [1.54, 1.807) is 13.0 Å². The Kier molecular flexibility index (Phi) is 3.03. The van der Waals surface area contributed by atoms with Crippen LogP contribution in [-0.4, -0.2) is 18.2 Å². The van der Waals surface area contributed by atoms with Crippen molar-refractivity contribution in [3.63, 3.8) is 0 Å². The van der Waals surface area contributed by atoms with Crippen LogP contribution in [0.1, 0.15) is 29.3 Å². The Labute approximate surface area is 105 Å². The minimum atomic E-state index is -0.677. The molecule has 1 aliphatic heterocycles. The highest BCUT2D eigenvalue weighted by Crippen LogP contribution is 2.33. The molecule has 0 aromatic heterocycles. The molecule has 1 aliphatic rings. The van der Waals surface area contributed by atoms with Crippen LogP contribution in [0.25, 0.3) is 0 Å². The number of carbonyl (C=O) groups excluding carboxylic acids is 2. The van der Waals surface area contributed by atoms with E-state index in [0.29, 0.717) is 12.0 Å². The molecule has 0 aliphatic carbocycles. The lowest BCUT2D eigenvalue weighted by atomic mass is 10.1. The van der Waals surface area contributed by atoms with Crippen LogP contribution < -0.4 is 4.90 Å². The first-order chi connectivity index (χ1) is 8.45. The number of hydrogen-bond donors (Lipinski definition) is 0. The fourth-order valence-corrected chi connectivity index (χ4v) is 2.01. The molecule has 0 saturated carbocycles. The van der Waals surface area contributed by atoms with Crippen molar-refractivity contribution in [2.45, 2.75) is 20.3 Å². The topological polar surface area (TPSA) is 37.4 Å². The molecule has 4 heteroatoms. The number of rotatable bonds is 3. The second kappa shape index (κ2) is 4.37. The molecular weight excluding hydrogens is 233 g/mol. The highest BCUT2D eigenvalue weighted by Gasteiger charge is 2.38. The summed E-state index contributed by atoms with van der Waals surface area (Å²) in [5.41, 5.74) is 1.65. The highest BCUT2D eigenvalue weighted by atomic mass is 19.1. The van der Waals surface area contributed by atoms with Crippen molar-refractivity contribution in [1.82, 2.24) is 0 Å². The summed E-state index contributed by atoms with van der Waals surface area (Å²) >= 11 is 0. The molecule has 0 spiro atoms. The van der Waals surface area contributed by atoms with Gasteiger partial charge in [0.1, 0.15) is 5.82 Å². The maximum atomic E-state index is 13.9. The van der Waals surface area contributed by atoms with E-state index in [-0.39, 0.29) is 17.8 Å². The first-order valence-corrected chi connectivity index (χ1v) is 5.78. The molecular formula is C14H14FNO2. The van der Waals surface area contributed by atoms with Crippen molar-refractivity contribution < 1.29 is 14.0 Å². The lowest BCUT2D eigenvalue weighted by Crippen LogP contribution is -2.31. The van der Waals surface area contributed by atoms with Crippen molar-refractivity contribution in [2.75, 3.05) is 11.4 Å². The van der Waals surface area contributed by atoms with E-state index in [9.17, 15) is 14.0 Å². The van der Waals surface area contributed by atoms with E-state index in [1.807, 2.05) is 6.92 Å². The van der Waals surface area contributed by atoms with Gasteiger partial charge in [-0.3, -0.25) is 14.5 Å². The van der Waals surface area contributed by atoms with Gasteiger partial charge in [0.25, 0.3) is 11.7 Å². The molecule has 1 aromatic rings. The summed E-state index contributed by atoms with van der Waals surface area (Å²) in [6.07, 6.45) is 0.681. The zero-order valence-electron chi connectivity index (χ0n) is 10.4. The van der Waals surface area contributed by atoms with E-state index < -0.39 is 17.5 Å². The lowest BCUT2D eigenvalue weighted by molar-refractivity contribution is -0.114. The largest absolute Gasteiger partial charge is 0.299 e. The fourth-order valence-electron chi connectivity index (χ4n) is 2.01. The third kappa shape index (κ3) is 1.83. The Morgan fingerprint density at radius 3 is 2.67 bits per heavy atom. The Morgan fingerprint density at radius 2 is 2.06 bits per heavy atom. The number of Topliss-reactive ketones (excluding diaryl/α,β-unsaturated/α-hetero) is 1. The third-order valence-corrected chi connectivity index (χ3v) is 3.04. The summed E-state index contributed by atoms with van der Waals surface area (Å²) < 4.78 is 13.9. The van der Waals surface area contributed by atoms with Gasteiger partial charge in [0.2, 0.25) is 0 Å². The van der Waals surface area contributed by atoms with Crippen LogP contribution in [0.5, 0.6) is 0 Å². The van der Waals surface area contributed by atoms with Crippen LogP contribution in [0.4, 0.5) is 10.1 Å². The molecule has 0 saturated heterocycles. The molecule has 3 nitrogen and oxygen atoms in total. The summed E-state index contributed by atoms with van der Waals surface area (Å²) in [6, 6.07) is 2.87. The van der Waals surface area contributed by atoms with Crippen LogP contribution in [-0.2, 0) is 4.79 Å². The molecule has 1 aromatic carbocycles. The van der Waals surface area contributed by atoms with Gasteiger partial charge in [-0.05, 0) is 31.0 Å². The molecule has 2 rings (SSSR count). The zero-order valence-corrected chi connectivity index (χ0v) is 10.4. The number of amides is 1. The number of nitrogens with zero attached hydrogens (tertiary/aromatic N) is 1. The third-order valence-electron chi connectivity index (χ3n) is 3.04. The van der Waals surface area contributed by atoms with E-state index in [2.05, 4.69) is 6.58 Å². The maximum absolute atomic E-state index is 13.9. The molecule has 18 heavy (non-hydrogen) atoms. The van der Waals surface area contributed by atoms with E-state index >= 15 is 0 Å². The maximum Gasteiger partial charge on any atom is 0.299 e. The van der Waals surface area contributed by atoms with E-state index in [1.165, 1.54) is 11.0 Å². The predicted octanol–water partition coefficient (Wildman–Crippen LogP) is 2.63. The number of aryl methyl sites for hydroxylation is 1. The lowest BCUT2D eigenvalue weighted by Gasteiger charge is -2.18. The second-order valence-corrected chi connectivity index (χ2v) is 4.47. The van der Waals surface area contributed by atoms with Gasteiger partial charge < -0.3 is 0 Å². The average molecular weight is 247 g/mol. The van der Waals surface area contributed by atoms with E-state index in [0.717, 1.165) is 5.57 Å². The van der Waals surface area contributed by atoms with Gasteiger partial charge in [-0.15, -0.1) is 0 Å². The molecule has 0 bridgehead atoms. The summed E-state index contributed by atoms with van der Waals surface area (Å²) in [4.78, 5) is 24.8. The highest BCUT2D eigenvalue weighted by molar-refractivity contribution is 6.52. The summed E-state index contributed by atoms with van der Waals surface area (Å²) in [5, 5.41) is 0. The van der Waals surface area contributed by atoms with Gasteiger partial charge in [0.05, 0.1) is 11.3 Å². The van der Waals surface area contributed by atoms with Gasteiger partial charge in [-0.2, -0.15) is 0 Å². The summed E-state index contributed by atoms with van der Waals surface area (Å²) in [7, 11) is 0. The monoisotopic (exact) mass is 247 g/mol. The number of benzene rings is 1. The van der Waals surface area contributed by atoms with Gasteiger partial charge >= 0.3 is 0 Å². The van der Waals surface area contributed by atoms with Gasteiger partial charge in [-0.1, -0.05) is 19.1 Å². The van der Waals surface area contributed by atoms with Crippen LogP contribution in [0, 0.1) is 12.7 Å². The Balaban J connectivity index is 2.51. The smallest absolute Gasteiger partial charge is 0.298 e. The molecule has 94 valence electrons. The molecule has 1 heterocycles. The number of fused-ring (bicyclic) bond motifs is 1. The van der Waals surface area contributed by atoms with Crippen LogP contribution >= 0.6 is 0 Å². The van der Waals surface area contributed by atoms with Crippen molar-refractivity contribution in [2.24, 2.45) is 0 Å². The molecule has 0 fully saturated rings. The van der Waals surface area contributed by atoms with Gasteiger partial charge in [0, 0.05) is 6.54 Å². The average Bonchev–Trinajstić information content (AvgIpc) is 2.54. The number of ketones is 1. The Hall–Kier alpha value is -1.97. The van der Waals surface area contributed by atoms with Crippen molar-refractivity contribution in [1.29, 1.82) is 0 Å². The Morgan fingerprint density at radius 1 is 1.39 bits per heavy atom. The molecule has 0 N–H and O–H groups in total. The quantitative estimate of drug-likeness (QED) is 0.608. The first-order valence-electron chi connectivity index (χ1n) is 5.78. The van der Waals surface area contributed by atoms with E-state index in [4.69, 9.17) is 0 Å². The van der Waals surface area contributed by atoms with Crippen molar-refractivity contribution in [3.8, 4) is 0 Å². The van der Waals surface area contributed by atoms with Crippen LogP contribution in [0.15, 0.2) is 24.3 Å². The molecule has 0 atom stereocenters. The minimum absolute atomic E-state index is 0.0881. The number of anilines is 1. The Bertz CT molecular complexity index is 563. The number of halogens is 1. The van der Waals surface area contributed by atoms with Crippen molar-refractivity contribution in [3.05, 3.63) is 41.2 Å².